The molecule has 0 aliphatic heterocycles. The molecule has 94 valence electrons. The summed E-state index contributed by atoms with van der Waals surface area (Å²) in [5.74, 6) is 0.534. The highest BCUT2D eigenvalue weighted by atomic mass is 35.5. The summed E-state index contributed by atoms with van der Waals surface area (Å²) in [7, 11) is 0. The first-order chi connectivity index (χ1) is 8.66. The van der Waals surface area contributed by atoms with Gasteiger partial charge in [-0.15, -0.1) is 0 Å². The molecule has 4 nitrogen and oxygen atoms in total. The van der Waals surface area contributed by atoms with Crippen molar-refractivity contribution in [2.24, 2.45) is 0 Å². The highest BCUT2D eigenvalue weighted by molar-refractivity contribution is 6.30. The Bertz CT molecular complexity index is 596. The maximum atomic E-state index is 11.4. The van der Waals surface area contributed by atoms with E-state index in [1.165, 1.54) is 6.07 Å². The van der Waals surface area contributed by atoms with Crippen LogP contribution in [0.1, 0.15) is 0 Å². The molecule has 1 aromatic carbocycles. The van der Waals surface area contributed by atoms with Gasteiger partial charge in [0.05, 0.1) is 12.2 Å². The summed E-state index contributed by atoms with van der Waals surface area (Å²) in [6.07, 6.45) is 1.72. The summed E-state index contributed by atoms with van der Waals surface area (Å²) in [4.78, 5) is 11.4. The highest BCUT2D eigenvalue weighted by Gasteiger charge is 2.01. The summed E-state index contributed by atoms with van der Waals surface area (Å²) in [5, 5.41) is 0.566. The van der Waals surface area contributed by atoms with Crippen molar-refractivity contribution in [3.8, 4) is 5.75 Å². The fourth-order valence-corrected chi connectivity index (χ4v) is 1.69. The van der Waals surface area contributed by atoms with Gasteiger partial charge in [0, 0.05) is 23.4 Å². The third kappa shape index (κ3) is 3.05. The van der Waals surface area contributed by atoms with Gasteiger partial charge in [-0.25, -0.2) is 0 Å². The van der Waals surface area contributed by atoms with E-state index in [0.717, 1.165) is 0 Å². The van der Waals surface area contributed by atoms with Gasteiger partial charge in [0.25, 0.3) is 5.56 Å². The lowest BCUT2D eigenvalue weighted by Gasteiger charge is -2.10. The van der Waals surface area contributed by atoms with Crippen molar-refractivity contribution in [1.82, 2.24) is 4.57 Å². The number of pyridine rings is 1. The van der Waals surface area contributed by atoms with E-state index in [0.29, 0.717) is 29.6 Å². The predicted octanol–water partition coefficient (Wildman–Crippen LogP) is 2.16. The van der Waals surface area contributed by atoms with Crippen LogP contribution in [0.4, 0.5) is 5.69 Å². The average Bonchev–Trinajstić information content (AvgIpc) is 2.36. The second-order valence-corrected chi connectivity index (χ2v) is 4.20. The van der Waals surface area contributed by atoms with Crippen LogP contribution < -0.4 is 16.0 Å². The van der Waals surface area contributed by atoms with Crippen LogP contribution in [0.5, 0.6) is 5.75 Å². The number of anilines is 1. The Kier molecular flexibility index (Phi) is 3.89. The summed E-state index contributed by atoms with van der Waals surface area (Å²) in [6.45, 7) is 0.820. The largest absolute Gasteiger partial charge is 0.490 e. The zero-order valence-corrected chi connectivity index (χ0v) is 10.4. The first kappa shape index (κ1) is 12.5. The average molecular weight is 265 g/mol. The molecule has 0 unspecified atom stereocenters. The van der Waals surface area contributed by atoms with E-state index in [1.54, 1.807) is 41.1 Å². The van der Waals surface area contributed by atoms with Gasteiger partial charge in [-0.3, -0.25) is 4.79 Å². The molecule has 0 spiro atoms. The van der Waals surface area contributed by atoms with E-state index < -0.39 is 0 Å². The van der Waals surface area contributed by atoms with E-state index in [1.807, 2.05) is 0 Å². The number of nitrogens with two attached hydrogens (primary N) is 1. The zero-order chi connectivity index (χ0) is 13.0. The van der Waals surface area contributed by atoms with Gasteiger partial charge in [-0.05, 0) is 18.2 Å². The third-order valence-electron chi connectivity index (χ3n) is 2.46. The van der Waals surface area contributed by atoms with Gasteiger partial charge >= 0.3 is 0 Å². The molecule has 0 radical (unpaired) electrons. The number of benzene rings is 1. The molecular formula is C13H13ClN2O2. The fraction of sp³-hybridized carbons (Fsp3) is 0.154. The van der Waals surface area contributed by atoms with Gasteiger partial charge in [0.1, 0.15) is 12.4 Å². The van der Waals surface area contributed by atoms with Crippen LogP contribution in [0.2, 0.25) is 5.02 Å². The number of ether oxygens (including phenoxy) is 1. The first-order valence-electron chi connectivity index (χ1n) is 5.50. The van der Waals surface area contributed by atoms with Crippen molar-refractivity contribution in [2.75, 3.05) is 12.3 Å². The van der Waals surface area contributed by atoms with Crippen molar-refractivity contribution in [1.29, 1.82) is 0 Å². The predicted molar refractivity (Wildman–Crippen MR) is 72.1 cm³/mol. The second kappa shape index (κ2) is 5.60. The van der Waals surface area contributed by atoms with E-state index in [-0.39, 0.29) is 5.56 Å². The third-order valence-corrected chi connectivity index (χ3v) is 2.70. The molecule has 0 saturated carbocycles. The Morgan fingerprint density at radius 1 is 1.28 bits per heavy atom. The topological polar surface area (TPSA) is 57.2 Å². The summed E-state index contributed by atoms with van der Waals surface area (Å²) >= 11 is 5.85. The number of hydrogen-bond donors (Lipinski definition) is 1. The minimum Gasteiger partial charge on any atom is -0.490 e. The minimum absolute atomic E-state index is 0.0554. The van der Waals surface area contributed by atoms with Crippen LogP contribution in [-0.2, 0) is 6.54 Å². The Morgan fingerprint density at radius 3 is 2.89 bits per heavy atom. The molecule has 18 heavy (non-hydrogen) atoms. The lowest BCUT2D eigenvalue weighted by Crippen LogP contribution is -2.21. The molecule has 2 rings (SSSR count). The van der Waals surface area contributed by atoms with Crippen molar-refractivity contribution < 1.29 is 4.74 Å². The molecule has 0 aliphatic carbocycles. The summed E-state index contributed by atoms with van der Waals surface area (Å²) < 4.78 is 7.08. The van der Waals surface area contributed by atoms with Gasteiger partial charge < -0.3 is 15.0 Å². The SMILES string of the molecule is Nc1ccc(Cl)cc1OCCn1ccccc1=O. The van der Waals surface area contributed by atoms with Crippen LogP contribution in [0.25, 0.3) is 0 Å². The van der Waals surface area contributed by atoms with Crippen LogP contribution in [-0.4, -0.2) is 11.2 Å². The second-order valence-electron chi connectivity index (χ2n) is 3.76. The first-order valence-corrected chi connectivity index (χ1v) is 5.88. The minimum atomic E-state index is -0.0554. The molecule has 1 heterocycles. The standard InChI is InChI=1S/C13H13ClN2O2/c14-10-4-5-11(15)12(9-10)18-8-7-16-6-2-1-3-13(16)17/h1-6,9H,7-8,15H2. The van der Waals surface area contributed by atoms with Crippen molar-refractivity contribution in [3.63, 3.8) is 0 Å². The van der Waals surface area contributed by atoms with E-state index >= 15 is 0 Å². The number of halogens is 1. The van der Waals surface area contributed by atoms with Crippen LogP contribution in [0.15, 0.2) is 47.4 Å². The lowest BCUT2D eigenvalue weighted by atomic mass is 10.3. The van der Waals surface area contributed by atoms with Gasteiger partial charge in [-0.1, -0.05) is 17.7 Å². The fourth-order valence-electron chi connectivity index (χ4n) is 1.53. The van der Waals surface area contributed by atoms with Crippen LogP contribution in [0, 0.1) is 0 Å². The summed E-state index contributed by atoms with van der Waals surface area (Å²) in [5.41, 5.74) is 6.22. The molecule has 5 heteroatoms. The monoisotopic (exact) mass is 264 g/mol. The molecule has 2 N–H and O–H groups in total. The van der Waals surface area contributed by atoms with Crippen molar-refractivity contribution >= 4 is 17.3 Å². The molecule has 0 aliphatic rings. The molecular weight excluding hydrogens is 252 g/mol. The van der Waals surface area contributed by atoms with E-state index in [9.17, 15) is 4.79 Å². The number of rotatable bonds is 4. The molecule has 0 fully saturated rings. The van der Waals surface area contributed by atoms with Gasteiger partial charge in [0.15, 0.2) is 0 Å². The van der Waals surface area contributed by atoms with Crippen LogP contribution >= 0.6 is 11.6 Å². The molecule has 0 amide bonds. The quantitative estimate of drug-likeness (QED) is 0.861. The molecule has 0 saturated heterocycles. The Balaban J connectivity index is 1.99. The maximum Gasteiger partial charge on any atom is 0.250 e. The smallest absolute Gasteiger partial charge is 0.250 e. The molecule has 0 atom stereocenters. The number of hydrogen-bond acceptors (Lipinski definition) is 3. The summed E-state index contributed by atoms with van der Waals surface area (Å²) in [6, 6.07) is 10.1. The molecule has 1 aromatic heterocycles. The highest BCUT2D eigenvalue weighted by Crippen LogP contribution is 2.25. The number of aromatic nitrogens is 1. The normalized spacial score (nSPS) is 10.3. The van der Waals surface area contributed by atoms with Crippen molar-refractivity contribution in [2.45, 2.75) is 6.54 Å². The zero-order valence-electron chi connectivity index (χ0n) is 9.67. The molecule has 2 aromatic rings. The van der Waals surface area contributed by atoms with Crippen LogP contribution in [0.3, 0.4) is 0 Å². The number of nitrogens with zero attached hydrogens (tertiary/aromatic N) is 1. The Hall–Kier alpha value is -1.94. The maximum absolute atomic E-state index is 11.4. The molecule has 0 bridgehead atoms. The Labute approximate surface area is 110 Å². The van der Waals surface area contributed by atoms with Gasteiger partial charge in [-0.2, -0.15) is 0 Å². The van der Waals surface area contributed by atoms with Gasteiger partial charge in [0.2, 0.25) is 0 Å². The van der Waals surface area contributed by atoms with Crippen molar-refractivity contribution in [3.05, 3.63) is 58.0 Å². The Morgan fingerprint density at radius 2 is 2.11 bits per heavy atom. The number of nitrogen functional groups attached to an aromatic ring is 1. The lowest BCUT2D eigenvalue weighted by molar-refractivity contribution is 0.298. The van der Waals surface area contributed by atoms with E-state index in [4.69, 9.17) is 22.1 Å². The van der Waals surface area contributed by atoms with E-state index in [2.05, 4.69) is 0 Å².